The molecule has 0 bridgehead atoms. The normalized spacial score (nSPS) is 23.7. The van der Waals surface area contributed by atoms with Crippen molar-refractivity contribution in [3.8, 4) is 0 Å². The lowest BCUT2D eigenvalue weighted by Gasteiger charge is -2.12. The maximum atomic E-state index is 4.99. The molecule has 2 heterocycles. The van der Waals surface area contributed by atoms with Crippen molar-refractivity contribution in [3.63, 3.8) is 0 Å². The molecule has 0 spiro atoms. The van der Waals surface area contributed by atoms with Crippen molar-refractivity contribution in [2.45, 2.75) is 26.4 Å². The molecule has 1 fully saturated rings. The van der Waals surface area contributed by atoms with Crippen molar-refractivity contribution in [1.82, 2.24) is 5.32 Å². The summed E-state index contributed by atoms with van der Waals surface area (Å²) in [5.41, 5.74) is 1.12. The van der Waals surface area contributed by atoms with Gasteiger partial charge in [0, 0.05) is 17.4 Å². The predicted molar refractivity (Wildman–Crippen MR) is 64.1 cm³/mol. The summed E-state index contributed by atoms with van der Waals surface area (Å²) in [6.07, 6.45) is 3.42. The molecule has 1 aromatic rings. The third kappa shape index (κ3) is 2.78. The van der Waals surface area contributed by atoms with E-state index in [1.54, 1.807) is 12.5 Å². The highest BCUT2D eigenvalue weighted by Crippen LogP contribution is 2.19. The van der Waals surface area contributed by atoms with Crippen LogP contribution in [-0.2, 0) is 6.54 Å². The zero-order valence-corrected chi connectivity index (χ0v) is 9.88. The summed E-state index contributed by atoms with van der Waals surface area (Å²) >= 11 is 1.81. The van der Waals surface area contributed by atoms with Gasteiger partial charge in [-0.15, -0.1) is 0 Å². The Morgan fingerprint density at radius 1 is 1.67 bits per heavy atom. The summed E-state index contributed by atoms with van der Waals surface area (Å²) in [5.74, 6) is 1.79. The average Bonchev–Trinajstić information content (AvgIpc) is 2.86. The van der Waals surface area contributed by atoms with Crippen LogP contribution in [0.5, 0.6) is 0 Å². The molecule has 1 aliphatic rings. The summed E-state index contributed by atoms with van der Waals surface area (Å²) in [6, 6.07) is 2.52. The second-order valence-electron chi connectivity index (χ2n) is 4.06. The van der Waals surface area contributed by atoms with E-state index < -0.39 is 0 Å². The Bertz CT molecular complexity index is 332. The highest BCUT2D eigenvalue weighted by atomic mass is 32.2. The number of aliphatic imine (C=N–C) groups is 1. The fourth-order valence-corrected chi connectivity index (χ4v) is 2.60. The molecule has 1 N–H and O–H groups in total. The van der Waals surface area contributed by atoms with Gasteiger partial charge in [-0.05, 0) is 12.0 Å². The molecule has 2 rings (SSSR count). The number of amidine groups is 1. The zero-order chi connectivity index (χ0) is 10.7. The maximum absolute atomic E-state index is 4.99. The third-order valence-electron chi connectivity index (χ3n) is 2.50. The number of hydrogen-bond donors (Lipinski definition) is 1. The minimum atomic E-state index is 0.568. The van der Waals surface area contributed by atoms with Crippen LogP contribution in [0.15, 0.2) is 28.0 Å². The van der Waals surface area contributed by atoms with Gasteiger partial charge in [-0.2, -0.15) is 0 Å². The van der Waals surface area contributed by atoms with Gasteiger partial charge >= 0.3 is 0 Å². The van der Waals surface area contributed by atoms with Gasteiger partial charge in [-0.25, -0.2) is 0 Å². The predicted octanol–water partition coefficient (Wildman–Crippen LogP) is 2.50. The van der Waals surface area contributed by atoms with Crippen LogP contribution >= 0.6 is 11.8 Å². The smallest absolute Gasteiger partial charge is 0.157 e. The Labute approximate surface area is 94.3 Å². The number of nitrogens with one attached hydrogen (secondary N) is 1. The number of thioether (sulfide) groups is 1. The summed E-state index contributed by atoms with van der Waals surface area (Å²) in [7, 11) is 0. The highest BCUT2D eigenvalue weighted by Gasteiger charge is 2.22. The Balaban J connectivity index is 1.88. The molecule has 0 radical (unpaired) electrons. The van der Waals surface area contributed by atoms with Crippen molar-refractivity contribution in [2.75, 3.05) is 5.75 Å². The van der Waals surface area contributed by atoms with E-state index in [1.807, 2.05) is 17.8 Å². The first-order valence-corrected chi connectivity index (χ1v) is 6.19. The van der Waals surface area contributed by atoms with Gasteiger partial charge in [0.2, 0.25) is 0 Å². The lowest BCUT2D eigenvalue weighted by atomic mass is 10.1. The van der Waals surface area contributed by atoms with Crippen molar-refractivity contribution in [2.24, 2.45) is 10.9 Å². The lowest BCUT2D eigenvalue weighted by Crippen LogP contribution is -2.31. The topological polar surface area (TPSA) is 37.5 Å². The summed E-state index contributed by atoms with van der Waals surface area (Å²) in [5, 5.41) is 4.50. The van der Waals surface area contributed by atoms with E-state index in [4.69, 9.17) is 4.42 Å². The van der Waals surface area contributed by atoms with Crippen LogP contribution < -0.4 is 5.32 Å². The van der Waals surface area contributed by atoms with Crippen LogP contribution in [0.25, 0.3) is 0 Å². The first kappa shape index (κ1) is 10.6. The summed E-state index contributed by atoms with van der Waals surface area (Å²) in [4.78, 5) is 4.51. The largest absolute Gasteiger partial charge is 0.472 e. The van der Waals surface area contributed by atoms with E-state index in [-0.39, 0.29) is 0 Å². The van der Waals surface area contributed by atoms with Gasteiger partial charge in [0.05, 0.1) is 19.1 Å². The van der Waals surface area contributed by atoms with Gasteiger partial charge in [0.25, 0.3) is 0 Å². The molecule has 4 heteroatoms. The van der Waals surface area contributed by atoms with Crippen molar-refractivity contribution < 1.29 is 4.42 Å². The van der Waals surface area contributed by atoms with Crippen LogP contribution in [0.4, 0.5) is 0 Å². The highest BCUT2D eigenvalue weighted by molar-refractivity contribution is 8.14. The molecular formula is C11H16N2OS. The average molecular weight is 224 g/mol. The number of nitrogens with zero attached hydrogens (tertiary/aromatic N) is 1. The maximum Gasteiger partial charge on any atom is 0.157 e. The van der Waals surface area contributed by atoms with Gasteiger partial charge in [-0.1, -0.05) is 25.6 Å². The summed E-state index contributed by atoms with van der Waals surface area (Å²) < 4.78 is 4.99. The Morgan fingerprint density at radius 2 is 2.53 bits per heavy atom. The fourth-order valence-electron chi connectivity index (χ4n) is 1.41. The van der Waals surface area contributed by atoms with Crippen LogP contribution in [0, 0.1) is 5.92 Å². The zero-order valence-electron chi connectivity index (χ0n) is 9.06. The van der Waals surface area contributed by atoms with Crippen molar-refractivity contribution >= 4 is 16.9 Å². The number of furan rings is 1. The van der Waals surface area contributed by atoms with E-state index in [0.717, 1.165) is 16.5 Å². The van der Waals surface area contributed by atoms with Crippen LogP contribution in [0.2, 0.25) is 0 Å². The van der Waals surface area contributed by atoms with Gasteiger partial charge < -0.3 is 9.73 Å². The Morgan fingerprint density at radius 3 is 3.13 bits per heavy atom. The standard InChI is InChI=1S/C11H16N2OS/c1-8(2)10-7-15-11(13-10)12-5-9-3-4-14-6-9/h3-4,6,8,10H,5,7H2,1-2H3,(H,12,13). The Kier molecular flexibility index (Phi) is 3.36. The molecular weight excluding hydrogens is 208 g/mol. The first-order valence-electron chi connectivity index (χ1n) is 5.20. The quantitative estimate of drug-likeness (QED) is 0.857. The van der Waals surface area contributed by atoms with E-state index in [1.165, 1.54) is 0 Å². The third-order valence-corrected chi connectivity index (χ3v) is 3.54. The van der Waals surface area contributed by atoms with Crippen LogP contribution in [-0.4, -0.2) is 17.0 Å². The van der Waals surface area contributed by atoms with Gasteiger partial charge in [-0.3, -0.25) is 4.99 Å². The number of hydrogen-bond acceptors (Lipinski definition) is 3. The second kappa shape index (κ2) is 4.75. The molecule has 0 aliphatic carbocycles. The van der Waals surface area contributed by atoms with Crippen LogP contribution in [0.1, 0.15) is 19.4 Å². The molecule has 1 aliphatic heterocycles. The molecule has 0 aromatic carbocycles. The minimum Gasteiger partial charge on any atom is -0.472 e. The first-order chi connectivity index (χ1) is 7.25. The molecule has 3 nitrogen and oxygen atoms in total. The fraction of sp³-hybridized carbons (Fsp3) is 0.545. The molecule has 0 amide bonds. The molecule has 1 aromatic heterocycles. The number of rotatable bonds is 3. The SMILES string of the molecule is CC(C)C1CSC(=NCc2ccoc2)N1. The molecule has 0 saturated carbocycles. The Hall–Kier alpha value is -0.900. The minimum absolute atomic E-state index is 0.568. The monoisotopic (exact) mass is 224 g/mol. The summed E-state index contributed by atoms with van der Waals surface area (Å²) in [6.45, 7) is 5.17. The van der Waals surface area contributed by atoms with Gasteiger partial charge in [0.1, 0.15) is 0 Å². The molecule has 1 saturated heterocycles. The van der Waals surface area contributed by atoms with E-state index in [2.05, 4.69) is 24.2 Å². The van der Waals surface area contributed by atoms with E-state index >= 15 is 0 Å². The molecule has 1 unspecified atom stereocenters. The van der Waals surface area contributed by atoms with Crippen molar-refractivity contribution in [1.29, 1.82) is 0 Å². The molecule has 1 atom stereocenters. The molecule has 15 heavy (non-hydrogen) atoms. The van der Waals surface area contributed by atoms with Crippen molar-refractivity contribution in [3.05, 3.63) is 24.2 Å². The molecule has 82 valence electrons. The van der Waals surface area contributed by atoms with E-state index in [9.17, 15) is 0 Å². The van der Waals surface area contributed by atoms with E-state index in [0.29, 0.717) is 18.5 Å². The van der Waals surface area contributed by atoms with Crippen LogP contribution in [0.3, 0.4) is 0 Å². The van der Waals surface area contributed by atoms with Gasteiger partial charge in [0.15, 0.2) is 5.17 Å². The second-order valence-corrected chi connectivity index (χ2v) is 5.07. The lowest BCUT2D eigenvalue weighted by molar-refractivity contribution is 0.503.